The molecule has 2 rings (SSSR count). The zero-order valence-corrected chi connectivity index (χ0v) is 13.3. The molecule has 0 heterocycles. The highest BCUT2D eigenvalue weighted by atomic mass is 16.5. The molecule has 0 aliphatic rings. The fraction of sp³-hybridized carbons (Fsp3) is 0.316. The number of benzene rings is 2. The van der Waals surface area contributed by atoms with E-state index in [2.05, 4.69) is 45.0 Å². The van der Waals surface area contributed by atoms with Crippen LogP contribution in [-0.2, 0) is 0 Å². The van der Waals surface area contributed by atoms with Crippen molar-refractivity contribution in [2.45, 2.75) is 26.7 Å². The van der Waals surface area contributed by atoms with E-state index in [1.807, 2.05) is 0 Å². The Balaban J connectivity index is 1.88. The zero-order chi connectivity index (χ0) is 15.9. The Morgan fingerprint density at radius 1 is 1.00 bits per heavy atom. The second-order valence-electron chi connectivity index (χ2n) is 5.53. The van der Waals surface area contributed by atoms with E-state index in [0.29, 0.717) is 24.7 Å². The van der Waals surface area contributed by atoms with Crippen LogP contribution in [0.1, 0.15) is 36.5 Å². The van der Waals surface area contributed by atoms with Crippen molar-refractivity contribution in [3.63, 3.8) is 0 Å². The molecule has 0 aromatic heterocycles. The van der Waals surface area contributed by atoms with Crippen molar-refractivity contribution >= 4 is 0 Å². The first kappa shape index (κ1) is 15.9. The molecular formula is C19H21NO2. The second kappa shape index (κ2) is 7.51. The highest BCUT2D eigenvalue weighted by Crippen LogP contribution is 2.27. The van der Waals surface area contributed by atoms with Gasteiger partial charge in [-0.15, -0.1) is 0 Å². The molecule has 2 aromatic rings. The molecule has 3 nitrogen and oxygen atoms in total. The summed E-state index contributed by atoms with van der Waals surface area (Å²) in [6.07, 6.45) is 0. The van der Waals surface area contributed by atoms with Crippen LogP contribution >= 0.6 is 0 Å². The molecule has 0 aliphatic carbocycles. The lowest BCUT2D eigenvalue weighted by Crippen LogP contribution is -2.10. The van der Waals surface area contributed by atoms with Crippen molar-refractivity contribution < 1.29 is 9.47 Å². The van der Waals surface area contributed by atoms with Crippen LogP contribution in [-0.4, -0.2) is 13.2 Å². The molecule has 22 heavy (non-hydrogen) atoms. The summed E-state index contributed by atoms with van der Waals surface area (Å²) in [7, 11) is 0. The summed E-state index contributed by atoms with van der Waals surface area (Å²) >= 11 is 0. The van der Waals surface area contributed by atoms with Crippen LogP contribution in [0, 0.1) is 18.3 Å². The third kappa shape index (κ3) is 4.26. The lowest BCUT2D eigenvalue weighted by atomic mass is 10.0. The molecule has 0 spiro atoms. The van der Waals surface area contributed by atoms with E-state index in [1.165, 1.54) is 11.1 Å². The molecule has 0 radical (unpaired) electrons. The third-order valence-corrected chi connectivity index (χ3v) is 3.38. The molecule has 0 saturated heterocycles. The summed E-state index contributed by atoms with van der Waals surface area (Å²) in [6, 6.07) is 15.5. The average molecular weight is 295 g/mol. The molecule has 0 N–H and O–H groups in total. The van der Waals surface area contributed by atoms with Gasteiger partial charge in [0.1, 0.15) is 24.7 Å². The van der Waals surface area contributed by atoms with E-state index >= 15 is 0 Å². The van der Waals surface area contributed by atoms with Gasteiger partial charge in [-0.1, -0.05) is 26.0 Å². The maximum absolute atomic E-state index is 8.75. The van der Waals surface area contributed by atoms with Crippen molar-refractivity contribution in [2.75, 3.05) is 13.2 Å². The van der Waals surface area contributed by atoms with Crippen LogP contribution in [0.3, 0.4) is 0 Å². The molecule has 0 aliphatic heterocycles. The zero-order valence-electron chi connectivity index (χ0n) is 13.3. The summed E-state index contributed by atoms with van der Waals surface area (Å²) in [5.41, 5.74) is 3.03. The van der Waals surface area contributed by atoms with Gasteiger partial charge in [-0.3, -0.25) is 0 Å². The normalized spacial score (nSPS) is 10.3. The van der Waals surface area contributed by atoms with E-state index in [1.54, 1.807) is 24.3 Å². The van der Waals surface area contributed by atoms with Crippen molar-refractivity contribution in [3.8, 4) is 17.6 Å². The predicted octanol–water partition coefficient (Wildman–Crippen LogP) is 4.45. The van der Waals surface area contributed by atoms with Crippen LogP contribution in [0.25, 0.3) is 0 Å². The van der Waals surface area contributed by atoms with Crippen molar-refractivity contribution in [1.29, 1.82) is 5.26 Å². The van der Waals surface area contributed by atoms with Crippen molar-refractivity contribution in [3.05, 3.63) is 59.2 Å². The number of ether oxygens (including phenoxy) is 2. The molecular weight excluding hydrogens is 274 g/mol. The highest BCUT2D eigenvalue weighted by molar-refractivity contribution is 5.39. The van der Waals surface area contributed by atoms with Crippen LogP contribution in [0.4, 0.5) is 0 Å². The van der Waals surface area contributed by atoms with E-state index in [4.69, 9.17) is 14.7 Å². The van der Waals surface area contributed by atoms with E-state index in [0.717, 1.165) is 11.5 Å². The molecule has 3 heteroatoms. The smallest absolute Gasteiger partial charge is 0.123 e. The van der Waals surface area contributed by atoms with Gasteiger partial charge in [-0.2, -0.15) is 5.26 Å². The Morgan fingerprint density at radius 3 is 2.32 bits per heavy atom. The number of aryl methyl sites for hydroxylation is 1. The fourth-order valence-electron chi connectivity index (χ4n) is 2.18. The topological polar surface area (TPSA) is 42.2 Å². The molecule has 0 unspecified atom stereocenters. The Labute approximate surface area is 132 Å². The monoisotopic (exact) mass is 295 g/mol. The van der Waals surface area contributed by atoms with Crippen LogP contribution in [0.15, 0.2) is 42.5 Å². The largest absolute Gasteiger partial charge is 0.490 e. The fourth-order valence-corrected chi connectivity index (χ4v) is 2.18. The van der Waals surface area contributed by atoms with Gasteiger partial charge >= 0.3 is 0 Å². The van der Waals surface area contributed by atoms with Gasteiger partial charge in [-0.25, -0.2) is 0 Å². The van der Waals surface area contributed by atoms with Crippen molar-refractivity contribution in [2.24, 2.45) is 0 Å². The summed E-state index contributed by atoms with van der Waals surface area (Å²) in [4.78, 5) is 0. The van der Waals surface area contributed by atoms with Gasteiger partial charge in [0.15, 0.2) is 0 Å². The first-order valence-corrected chi connectivity index (χ1v) is 7.46. The Hall–Kier alpha value is -2.47. The van der Waals surface area contributed by atoms with Gasteiger partial charge in [0.2, 0.25) is 0 Å². The number of hydrogen-bond acceptors (Lipinski definition) is 3. The highest BCUT2D eigenvalue weighted by Gasteiger charge is 2.08. The summed E-state index contributed by atoms with van der Waals surface area (Å²) in [5, 5.41) is 8.75. The quantitative estimate of drug-likeness (QED) is 0.739. The number of rotatable bonds is 6. The molecule has 0 bridgehead atoms. The minimum Gasteiger partial charge on any atom is -0.490 e. The van der Waals surface area contributed by atoms with Gasteiger partial charge in [0, 0.05) is 0 Å². The standard InChI is InChI=1S/C19H21NO2/c1-14(2)18-9-4-15(3)12-19(18)22-11-10-21-17-7-5-16(13-20)6-8-17/h4-9,12,14H,10-11H2,1-3H3. The molecule has 114 valence electrons. The average Bonchev–Trinajstić information content (AvgIpc) is 2.52. The summed E-state index contributed by atoms with van der Waals surface area (Å²) in [5.74, 6) is 2.10. The minimum absolute atomic E-state index is 0.426. The first-order chi connectivity index (χ1) is 10.6. The van der Waals surface area contributed by atoms with Gasteiger partial charge in [-0.05, 0) is 54.3 Å². The summed E-state index contributed by atoms with van der Waals surface area (Å²) < 4.78 is 11.5. The summed E-state index contributed by atoms with van der Waals surface area (Å²) in [6.45, 7) is 7.33. The predicted molar refractivity (Wildman–Crippen MR) is 87.4 cm³/mol. The van der Waals surface area contributed by atoms with E-state index in [9.17, 15) is 0 Å². The molecule has 0 fully saturated rings. The number of hydrogen-bond donors (Lipinski definition) is 0. The van der Waals surface area contributed by atoms with Crippen molar-refractivity contribution in [1.82, 2.24) is 0 Å². The Bertz CT molecular complexity index is 654. The molecule has 0 amide bonds. The van der Waals surface area contributed by atoms with Gasteiger partial charge in [0.25, 0.3) is 0 Å². The van der Waals surface area contributed by atoms with Gasteiger partial charge < -0.3 is 9.47 Å². The number of nitrogens with zero attached hydrogens (tertiary/aromatic N) is 1. The molecule has 0 atom stereocenters. The Morgan fingerprint density at radius 2 is 1.68 bits per heavy atom. The van der Waals surface area contributed by atoms with E-state index in [-0.39, 0.29) is 0 Å². The van der Waals surface area contributed by atoms with Gasteiger partial charge in [0.05, 0.1) is 11.6 Å². The molecule has 2 aromatic carbocycles. The van der Waals surface area contributed by atoms with Crippen LogP contribution < -0.4 is 9.47 Å². The Kier molecular flexibility index (Phi) is 5.43. The third-order valence-electron chi connectivity index (χ3n) is 3.38. The SMILES string of the molecule is Cc1ccc(C(C)C)c(OCCOc2ccc(C#N)cc2)c1. The maximum atomic E-state index is 8.75. The maximum Gasteiger partial charge on any atom is 0.123 e. The first-order valence-electron chi connectivity index (χ1n) is 7.46. The second-order valence-corrected chi connectivity index (χ2v) is 5.53. The van der Waals surface area contributed by atoms with Crippen LogP contribution in [0.5, 0.6) is 11.5 Å². The lowest BCUT2D eigenvalue weighted by Gasteiger charge is -2.15. The van der Waals surface area contributed by atoms with E-state index < -0.39 is 0 Å². The van der Waals surface area contributed by atoms with Crippen LogP contribution in [0.2, 0.25) is 0 Å². The number of nitriles is 1. The lowest BCUT2D eigenvalue weighted by molar-refractivity contribution is 0.215. The molecule has 0 saturated carbocycles. The minimum atomic E-state index is 0.426.